The highest BCUT2D eigenvalue weighted by atomic mass is 32.2. The van der Waals surface area contributed by atoms with E-state index in [1.807, 2.05) is 12.1 Å². The molecule has 1 saturated heterocycles. The number of esters is 1. The maximum atomic E-state index is 12.9. The molecule has 0 spiro atoms. The molecule has 0 amide bonds. The molecule has 0 radical (unpaired) electrons. The van der Waals surface area contributed by atoms with Crippen LogP contribution in [-0.4, -0.2) is 52.6 Å². The molecule has 1 aromatic heterocycles. The molecule has 29 heavy (non-hydrogen) atoms. The number of nitrogens with zero attached hydrogens (tertiary/aromatic N) is 1. The number of morpholine rings is 1. The van der Waals surface area contributed by atoms with Gasteiger partial charge in [0, 0.05) is 18.8 Å². The van der Waals surface area contributed by atoms with Gasteiger partial charge in [0.2, 0.25) is 0 Å². The van der Waals surface area contributed by atoms with Crippen LogP contribution < -0.4 is 4.72 Å². The second kappa shape index (κ2) is 8.56. The predicted molar refractivity (Wildman–Crippen MR) is 108 cm³/mol. The van der Waals surface area contributed by atoms with Crippen LogP contribution in [0.1, 0.15) is 40.5 Å². The third-order valence-corrected chi connectivity index (χ3v) is 6.53. The average molecular weight is 423 g/mol. The van der Waals surface area contributed by atoms with Gasteiger partial charge >= 0.3 is 5.97 Å². The summed E-state index contributed by atoms with van der Waals surface area (Å²) >= 11 is 0. The first-order chi connectivity index (χ1) is 13.8. The van der Waals surface area contributed by atoms with Crippen molar-refractivity contribution in [2.75, 3.05) is 38.1 Å². The Labute approximate surface area is 170 Å². The van der Waals surface area contributed by atoms with E-state index >= 15 is 0 Å². The van der Waals surface area contributed by atoms with E-state index in [4.69, 9.17) is 13.9 Å². The smallest absolute Gasteiger partial charge is 0.342 e. The lowest BCUT2D eigenvalue weighted by Gasteiger charge is -2.32. The molecule has 1 aliphatic heterocycles. The number of carbonyl (C=O) groups is 1. The number of anilines is 1. The molecule has 1 aliphatic rings. The van der Waals surface area contributed by atoms with Crippen molar-refractivity contribution >= 4 is 21.7 Å². The van der Waals surface area contributed by atoms with Gasteiger partial charge in [-0.2, -0.15) is 0 Å². The van der Waals surface area contributed by atoms with Gasteiger partial charge in [-0.3, -0.25) is 9.62 Å². The second-order valence-corrected chi connectivity index (χ2v) is 8.51. The number of likely N-dealkylation sites (N-methyl/N-ethyl adjacent to an activating group) is 1. The highest BCUT2D eigenvalue weighted by molar-refractivity contribution is 7.92. The molecule has 158 valence electrons. The zero-order valence-electron chi connectivity index (χ0n) is 17.0. The van der Waals surface area contributed by atoms with Crippen LogP contribution in [0, 0.1) is 13.8 Å². The molecule has 1 fully saturated rings. The highest BCUT2D eigenvalue weighted by Crippen LogP contribution is 2.30. The summed E-state index contributed by atoms with van der Waals surface area (Å²) in [5.41, 5.74) is 1.27. The van der Waals surface area contributed by atoms with Crippen molar-refractivity contribution in [3.05, 3.63) is 46.9 Å². The van der Waals surface area contributed by atoms with E-state index in [2.05, 4.69) is 16.5 Å². The van der Waals surface area contributed by atoms with E-state index in [1.54, 1.807) is 12.1 Å². The summed E-state index contributed by atoms with van der Waals surface area (Å²) in [6.45, 7) is 8.48. The monoisotopic (exact) mass is 422 g/mol. The van der Waals surface area contributed by atoms with Crippen molar-refractivity contribution in [2.45, 2.75) is 31.8 Å². The molecular formula is C20H26N2O6S. The Hall–Kier alpha value is -2.36. The lowest BCUT2D eigenvalue weighted by Crippen LogP contribution is -2.38. The first kappa shape index (κ1) is 21.4. The highest BCUT2D eigenvalue weighted by Gasteiger charge is 2.31. The van der Waals surface area contributed by atoms with Crippen LogP contribution in [0.25, 0.3) is 0 Å². The number of sulfonamides is 1. The molecule has 0 aliphatic carbocycles. The number of hydrogen-bond donors (Lipinski definition) is 1. The van der Waals surface area contributed by atoms with Gasteiger partial charge in [-0.1, -0.05) is 19.1 Å². The molecule has 2 aromatic rings. The largest absolute Gasteiger partial charge is 0.465 e. The van der Waals surface area contributed by atoms with Gasteiger partial charge in [-0.15, -0.1) is 0 Å². The van der Waals surface area contributed by atoms with Crippen LogP contribution in [-0.2, 0) is 19.5 Å². The fraction of sp³-hybridized carbons (Fsp3) is 0.450. The number of rotatable bonds is 6. The average Bonchev–Trinajstić information content (AvgIpc) is 3.02. The van der Waals surface area contributed by atoms with Gasteiger partial charge in [0.25, 0.3) is 10.0 Å². The number of carbonyl (C=O) groups excluding carboxylic acids is 1. The molecule has 0 bridgehead atoms. The molecule has 1 unspecified atom stereocenters. The van der Waals surface area contributed by atoms with Gasteiger partial charge < -0.3 is 13.9 Å². The van der Waals surface area contributed by atoms with E-state index in [0.29, 0.717) is 12.3 Å². The zero-order valence-corrected chi connectivity index (χ0v) is 17.8. The summed E-state index contributed by atoms with van der Waals surface area (Å²) in [6.07, 6.45) is -0.0425. The summed E-state index contributed by atoms with van der Waals surface area (Å²) in [5, 5.41) is 0. The van der Waals surface area contributed by atoms with Crippen LogP contribution >= 0.6 is 0 Å². The third-order valence-electron chi connectivity index (χ3n) is 5.00. The fourth-order valence-electron chi connectivity index (χ4n) is 3.49. The van der Waals surface area contributed by atoms with Crippen LogP contribution in [0.4, 0.5) is 5.69 Å². The minimum absolute atomic E-state index is 0.0425. The van der Waals surface area contributed by atoms with Gasteiger partial charge in [0.05, 0.1) is 19.8 Å². The van der Waals surface area contributed by atoms with Gasteiger partial charge in [0.15, 0.2) is 0 Å². The van der Waals surface area contributed by atoms with Crippen LogP contribution in [0.5, 0.6) is 0 Å². The Morgan fingerprint density at radius 2 is 1.93 bits per heavy atom. The molecule has 3 rings (SSSR count). The lowest BCUT2D eigenvalue weighted by atomic mass is 10.1. The van der Waals surface area contributed by atoms with Crippen LogP contribution in [0.15, 0.2) is 33.6 Å². The normalized spacial score (nSPS) is 17.9. The van der Waals surface area contributed by atoms with Gasteiger partial charge in [0.1, 0.15) is 22.0 Å². The molecular weight excluding hydrogens is 396 g/mol. The van der Waals surface area contributed by atoms with E-state index in [0.717, 1.165) is 25.2 Å². The van der Waals surface area contributed by atoms with Crippen molar-refractivity contribution in [2.24, 2.45) is 0 Å². The van der Waals surface area contributed by atoms with Crippen molar-refractivity contribution in [3.8, 4) is 0 Å². The summed E-state index contributed by atoms with van der Waals surface area (Å²) in [7, 11) is -2.85. The van der Waals surface area contributed by atoms with E-state index in [-0.39, 0.29) is 28.1 Å². The summed E-state index contributed by atoms with van der Waals surface area (Å²) in [4.78, 5) is 14.1. The fourth-order valence-corrected chi connectivity index (χ4v) is 4.95. The first-order valence-corrected chi connectivity index (χ1v) is 10.9. The Bertz CT molecular complexity index is 981. The topological polar surface area (TPSA) is 98.1 Å². The number of benzene rings is 1. The summed E-state index contributed by atoms with van der Waals surface area (Å²) in [5.74, 6) is -0.438. The van der Waals surface area contributed by atoms with E-state index in [9.17, 15) is 13.2 Å². The molecule has 1 atom stereocenters. The van der Waals surface area contributed by atoms with Crippen LogP contribution in [0.2, 0.25) is 0 Å². The molecule has 2 heterocycles. The molecule has 9 heteroatoms. The maximum absolute atomic E-state index is 12.9. The Morgan fingerprint density at radius 1 is 1.24 bits per heavy atom. The first-order valence-electron chi connectivity index (χ1n) is 9.41. The minimum atomic E-state index is -4.04. The van der Waals surface area contributed by atoms with Crippen molar-refractivity contribution in [3.63, 3.8) is 0 Å². The number of nitrogens with one attached hydrogen (secondary N) is 1. The number of furan rings is 1. The molecule has 0 saturated carbocycles. The van der Waals surface area contributed by atoms with E-state index < -0.39 is 16.0 Å². The lowest BCUT2D eigenvalue weighted by molar-refractivity contribution is -0.0281. The number of methoxy groups -OCH3 is 1. The minimum Gasteiger partial charge on any atom is -0.465 e. The van der Waals surface area contributed by atoms with Crippen LogP contribution in [0.3, 0.4) is 0 Å². The standard InChI is InChI=1S/C20H26N2O6S/c1-5-22-10-11-27-17(12-22)15-6-8-16(9-7-15)21-29(24,25)19-14(3)28-13(2)18(19)20(23)26-4/h6-9,17,21H,5,10-12H2,1-4H3. The predicted octanol–water partition coefficient (Wildman–Crippen LogP) is 2.88. The van der Waals surface area contributed by atoms with Crippen molar-refractivity contribution in [1.82, 2.24) is 4.90 Å². The quantitative estimate of drug-likeness (QED) is 0.715. The number of ether oxygens (including phenoxy) is 2. The number of aryl methyl sites for hydroxylation is 2. The molecule has 1 aromatic carbocycles. The second-order valence-electron chi connectivity index (χ2n) is 6.89. The third kappa shape index (κ3) is 4.47. The molecule has 1 N–H and O–H groups in total. The Balaban J connectivity index is 1.82. The zero-order chi connectivity index (χ0) is 21.2. The summed E-state index contributed by atoms with van der Waals surface area (Å²) < 4.78 is 44.3. The van der Waals surface area contributed by atoms with Gasteiger partial charge in [-0.05, 0) is 38.1 Å². The Kier molecular flexibility index (Phi) is 6.30. The SMILES string of the molecule is CCN1CCOC(c2ccc(NS(=O)(=O)c3c(C)oc(C)c3C(=O)OC)cc2)C1. The van der Waals surface area contributed by atoms with Crippen molar-refractivity contribution < 1.29 is 27.1 Å². The summed E-state index contributed by atoms with van der Waals surface area (Å²) in [6, 6.07) is 7.05. The molecule has 8 nitrogen and oxygen atoms in total. The van der Waals surface area contributed by atoms with E-state index in [1.165, 1.54) is 21.0 Å². The van der Waals surface area contributed by atoms with Crippen molar-refractivity contribution in [1.29, 1.82) is 0 Å². The number of hydrogen-bond acceptors (Lipinski definition) is 7. The van der Waals surface area contributed by atoms with Gasteiger partial charge in [-0.25, -0.2) is 13.2 Å². The maximum Gasteiger partial charge on any atom is 0.342 e. The Morgan fingerprint density at radius 3 is 2.55 bits per heavy atom.